The van der Waals surface area contributed by atoms with E-state index in [0.717, 1.165) is 0 Å². The number of carbonyl (C=O) groups is 1. The maximum absolute atomic E-state index is 13.6. The SMILES string of the molecule is CC(NC(=O)c1c(N)nn2cccnc12)c1cc2cccc(Cl)c2c(=O)n1-c1ccccc1O. The Labute approximate surface area is 198 Å². The Morgan fingerprint density at radius 3 is 2.76 bits per heavy atom. The molecule has 0 fully saturated rings. The molecule has 34 heavy (non-hydrogen) atoms. The molecule has 1 amide bonds. The number of benzene rings is 2. The molecule has 0 aliphatic carbocycles. The van der Waals surface area contributed by atoms with Gasteiger partial charge < -0.3 is 16.2 Å². The van der Waals surface area contributed by atoms with Crippen LogP contribution in [0.4, 0.5) is 5.82 Å². The van der Waals surface area contributed by atoms with E-state index < -0.39 is 17.5 Å². The number of fused-ring (bicyclic) bond motifs is 2. The first-order valence-corrected chi connectivity index (χ1v) is 10.8. The van der Waals surface area contributed by atoms with Crippen LogP contribution in [0.15, 0.2) is 71.8 Å². The molecule has 4 N–H and O–H groups in total. The molecule has 5 aromatic rings. The third kappa shape index (κ3) is 3.43. The summed E-state index contributed by atoms with van der Waals surface area (Å²) in [4.78, 5) is 31.0. The van der Waals surface area contributed by atoms with Crippen LogP contribution in [0, 0.1) is 0 Å². The summed E-state index contributed by atoms with van der Waals surface area (Å²) in [5.41, 5.74) is 6.72. The highest BCUT2D eigenvalue weighted by Crippen LogP contribution is 2.29. The number of phenols is 1. The molecule has 0 aliphatic heterocycles. The van der Waals surface area contributed by atoms with Crippen molar-refractivity contribution in [1.29, 1.82) is 0 Å². The van der Waals surface area contributed by atoms with E-state index in [4.69, 9.17) is 17.3 Å². The lowest BCUT2D eigenvalue weighted by Crippen LogP contribution is -2.32. The van der Waals surface area contributed by atoms with E-state index in [1.165, 1.54) is 15.1 Å². The Morgan fingerprint density at radius 1 is 1.18 bits per heavy atom. The second-order valence-corrected chi connectivity index (χ2v) is 8.15. The number of aromatic nitrogens is 4. The first-order chi connectivity index (χ1) is 16.4. The Hall–Kier alpha value is -4.37. The largest absolute Gasteiger partial charge is 0.506 e. The van der Waals surface area contributed by atoms with E-state index in [2.05, 4.69) is 15.4 Å². The zero-order chi connectivity index (χ0) is 24.0. The van der Waals surface area contributed by atoms with Gasteiger partial charge in [-0.1, -0.05) is 35.9 Å². The summed E-state index contributed by atoms with van der Waals surface area (Å²) in [6.45, 7) is 1.73. The standard InChI is InChI=1S/C24H19ClN6O3/c1-13(28-23(33)20-21(26)29-30-11-5-10-27-22(20)30)17-12-14-6-4-7-15(25)19(14)24(34)31(17)16-8-2-3-9-18(16)32/h2-13,32H,1H3,(H2,26,29)(H,28,33). The van der Waals surface area contributed by atoms with Gasteiger partial charge in [0.15, 0.2) is 11.5 Å². The number of nitrogens with one attached hydrogen (secondary N) is 1. The van der Waals surface area contributed by atoms with Crippen LogP contribution in [0.3, 0.4) is 0 Å². The van der Waals surface area contributed by atoms with Crippen LogP contribution >= 0.6 is 11.6 Å². The molecule has 170 valence electrons. The number of anilines is 1. The lowest BCUT2D eigenvalue weighted by molar-refractivity contribution is 0.0941. The Morgan fingerprint density at radius 2 is 1.97 bits per heavy atom. The summed E-state index contributed by atoms with van der Waals surface area (Å²) >= 11 is 6.34. The van der Waals surface area contributed by atoms with E-state index in [9.17, 15) is 14.7 Å². The smallest absolute Gasteiger partial charge is 0.264 e. The molecule has 0 saturated heterocycles. The number of pyridine rings is 1. The second kappa shape index (κ2) is 8.20. The van der Waals surface area contributed by atoms with Crippen LogP contribution < -0.4 is 16.6 Å². The van der Waals surface area contributed by atoms with E-state index in [1.54, 1.807) is 67.8 Å². The lowest BCUT2D eigenvalue weighted by Gasteiger charge is -2.21. The van der Waals surface area contributed by atoms with Gasteiger partial charge in [0.05, 0.1) is 22.1 Å². The van der Waals surface area contributed by atoms with Crippen molar-refractivity contribution in [2.24, 2.45) is 0 Å². The molecule has 0 aliphatic rings. The number of rotatable bonds is 4. The summed E-state index contributed by atoms with van der Waals surface area (Å²) in [7, 11) is 0. The number of hydrogen-bond donors (Lipinski definition) is 3. The van der Waals surface area contributed by atoms with Gasteiger partial charge >= 0.3 is 0 Å². The number of hydrogen-bond acceptors (Lipinski definition) is 6. The van der Waals surface area contributed by atoms with E-state index >= 15 is 0 Å². The average molecular weight is 475 g/mol. The zero-order valence-electron chi connectivity index (χ0n) is 17.9. The number of amides is 1. The first-order valence-electron chi connectivity index (χ1n) is 10.4. The van der Waals surface area contributed by atoms with Crippen molar-refractivity contribution >= 4 is 39.7 Å². The number of para-hydroxylation sites is 2. The van der Waals surface area contributed by atoms with Gasteiger partial charge in [-0.15, -0.1) is 5.10 Å². The quantitative estimate of drug-likeness (QED) is 0.366. The molecule has 1 unspecified atom stereocenters. The summed E-state index contributed by atoms with van der Waals surface area (Å²) in [5, 5.41) is 18.7. The first kappa shape index (κ1) is 21.5. The zero-order valence-corrected chi connectivity index (χ0v) is 18.7. The maximum atomic E-state index is 13.6. The molecule has 0 saturated carbocycles. The minimum absolute atomic E-state index is 0.0341. The van der Waals surface area contributed by atoms with Crippen LogP contribution in [0.1, 0.15) is 29.0 Å². The third-order valence-corrected chi connectivity index (χ3v) is 5.90. The molecule has 10 heteroatoms. The van der Waals surface area contributed by atoms with Gasteiger partial charge in [0.2, 0.25) is 0 Å². The number of phenolic OH excluding ortho intramolecular Hbond substituents is 1. The Kier molecular flexibility index (Phi) is 5.18. The molecule has 2 aromatic carbocycles. The van der Waals surface area contributed by atoms with Gasteiger partial charge in [-0.25, -0.2) is 9.50 Å². The number of nitrogens with two attached hydrogens (primary N) is 1. The van der Waals surface area contributed by atoms with Crippen LogP contribution in [-0.4, -0.2) is 30.2 Å². The normalized spacial score (nSPS) is 12.2. The van der Waals surface area contributed by atoms with Crippen molar-refractivity contribution in [3.8, 4) is 11.4 Å². The fourth-order valence-electron chi connectivity index (χ4n) is 4.02. The van der Waals surface area contributed by atoms with Gasteiger partial charge in [0, 0.05) is 18.1 Å². The summed E-state index contributed by atoms with van der Waals surface area (Å²) in [6.07, 6.45) is 3.18. The third-order valence-electron chi connectivity index (χ3n) is 5.59. The van der Waals surface area contributed by atoms with Crippen molar-refractivity contribution in [2.45, 2.75) is 13.0 Å². The highest BCUT2D eigenvalue weighted by atomic mass is 35.5. The minimum atomic E-state index is -0.666. The fourth-order valence-corrected chi connectivity index (χ4v) is 4.29. The fraction of sp³-hybridized carbons (Fsp3) is 0.0833. The topological polar surface area (TPSA) is 128 Å². The number of nitrogens with zero attached hydrogens (tertiary/aromatic N) is 4. The van der Waals surface area contributed by atoms with Crippen molar-refractivity contribution in [1.82, 2.24) is 24.5 Å². The molecular formula is C24H19ClN6O3. The van der Waals surface area contributed by atoms with Crippen LogP contribution in [-0.2, 0) is 0 Å². The predicted molar refractivity (Wildman–Crippen MR) is 130 cm³/mol. The van der Waals surface area contributed by atoms with Crippen molar-refractivity contribution in [3.05, 3.63) is 93.6 Å². The van der Waals surface area contributed by atoms with Gasteiger partial charge in [-0.3, -0.25) is 14.2 Å². The molecular weight excluding hydrogens is 456 g/mol. The summed E-state index contributed by atoms with van der Waals surface area (Å²) in [5.74, 6) is -0.556. The van der Waals surface area contributed by atoms with E-state index in [1.807, 2.05) is 0 Å². The van der Waals surface area contributed by atoms with Crippen molar-refractivity contribution in [3.63, 3.8) is 0 Å². The van der Waals surface area contributed by atoms with Crippen molar-refractivity contribution < 1.29 is 9.90 Å². The molecule has 5 rings (SSSR count). The molecule has 3 aromatic heterocycles. The highest BCUT2D eigenvalue weighted by molar-refractivity contribution is 6.35. The molecule has 0 bridgehead atoms. The molecule has 1 atom stereocenters. The predicted octanol–water partition coefficient (Wildman–Crippen LogP) is 3.47. The highest BCUT2D eigenvalue weighted by Gasteiger charge is 2.24. The van der Waals surface area contributed by atoms with Gasteiger partial charge in [0.1, 0.15) is 11.3 Å². The van der Waals surface area contributed by atoms with Crippen LogP contribution in [0.25, 0.3) is 22.1 Å². The number of halogens is 1. The minimum Gasteiger partial charge on any atom is -0.506 e. The van der Waals surface area contributed by atoms with Crippen LogP contribution in [0.2, 0.25) is 5.02 Å². The van der Waals surface area contributed by atoms with E-state index in [0.29, 0.717) is 27.1 Å². The molecule has 9 nitrogen and oxygen atoms in total. The number of carbonyl (C=O) groups excluding carboxylic acids is 1. The van der Waals surface area contributed by atoms with Gasteiger partial charge in [-0.2, -0.15) is 0 Å². The Bertz CT molecular complexity index is 1640. The monoisotopic (exact) mass is 474 g/mol. The average Bonchev–Trinajstić information content (AvgIpc) is 3.15. The molecule has 0 spiro atoms. The van der Waals surface area contributed by atoms with Gasteiger partial charge in [0.25, 0.3) is 11.5 Å². The molecule has 0 radical (unpaired) electrons. The Balaban J connectivity index is 1.66. The lowest BCUT2D eigenvalue weighted by atomic mass is 10.1. The van der Waals surface area contributed by atoms with Crippen molar-refractivity contribution in [2.75, 3.05) is 5.73 Å². The van der Waals surface area contributed by atoms with Crippen LogP contribution in [0.5, 0.6) is 5.75 Å². The second-order valence-electron chi connectivity index (χ2n) is 7.75. The number of aromatic hydroxyl groups is 1. The maximum Gasteiger partial charge on any atom is 0.264 e. The van der Waals surface area contributed by atoms with Gasteiger partial charge in [-0.05, 0) is 42.6 Å². The van der Waals surface area contributed by atoms with E-state index in [-0.39, 0.29) is 22.8 Å². The molecule has 3 heterocycles. The summed E-state index contributed by atoms with van der Waals surface area (Å²) in [6, 6.07) is 14.4. The number of nitrogen functional groups attached to an aromatic ring is 1. The summed E-state index contributed by atoms with van der Waals surface area (Å²) < 4.78 is 2.77.